The molecule has 39 heavy (non-hydrogen) atoms. The van der Waals surface area contributed by atoms with Crippen molar-refractivity contribution in [3.8, 4) is 5.69 Å². The fourth-order valence-corrected chi connectivity index (χ4v) is 4.27. The molecule has 200 valence electrons. The second-order valence-electron chi connectivity index (χ2n) is 8.51. The van der Waals surface area contributed by atoms with Gasteiger partial charge in [0.1, 0.15) is 6.04 Å². The average molecular weight is 569 g/mol. The van der Waals surface area contributed by atoms with Crippen molar-refractivity contribution in [2.75, 3.05) is 23.8 Å². The summed E-state index contributed by atoms with van der Waals surface area (Å²) in [5, 5.41) is 23.5. The maximum Gasteiger partial charge on any atom is 0.335 e. The summed E-state index contributed by atoms with van der Waals surface area (Å²) in [6.07, 6.45) is 1.89. The summed E-state index contributed by atoms with van der Waals surface area (Å²) in [4.78, 5) is 36.6. The maximum absolute atomic E-state index is 13.4. The monoisotopic (exact) mass is 568 g/mol. The highest BCUT2D eigenvalue weighted by Crippen LogP contribution is 2.30. The van der Waals surface area contributed by atoms with Crippen molar-refractivity contribution in [1.29, 1.82) is 0 Å². The lowest BCUT2D eigenvalue weighted by Crippen LogP contribution is -2.52. The zero-order chi connectivity index (χ0) is 27.4. The summed E-state index contributed by atoms with van der Waals surface area (Å²) in [7, 11) is 0. The molecule has 1 saturated heterocycles. The first-order valence-corrected chi connectivity index (χ1v) is 12.5. The molecule has 4 aromatic rings. The second kappa shape index (κ2) is 11.8. The van der Waals surface area contributed by atoms with Crippen LogP contribution in [0.1, 0.15) is 15.9 Å². The highest BCUT2D eigenvalue weighted by molar-refractivity contribution is 6.31. The first-order chi connectivity index (χ1) is 18.9. The summed E-state index contributed by atoms with van der Waals surface area (Å²) < 4.78 is 1.49. The van der Waals surface area contributed by atoms with Crippen molar-refractivity contribution in [2.45, 2.75) is 12.5 Å². The van der Waals surface area contributed by atoms with E-state index < -0.39 is 12.0 Å². The molecule has 0 aliphatic carbocycles. The minimum atomic E-state index is -1.05. The standard InChI is InChI=1S/C26H22Cl2N6O5/c27-19-8-11-21(32-14-24(28)30-31-32)22(13-19)33-15-39-34(16-38-33)23(12-17-4-2-1-3-5-17)25(35)29-20-9-6-18(7-10-20)26(36)37/h1-11,13-14,23H,12,15-16H2,(H,29,35)(H,36,37). The fourth-order valence-electron chi connectivity index (χ4n) is 3.98. The van der Waals surface area contributed by atoms with Gasteiger partial charge >= 0.3 is 5.97 Å². The molecule has 1 amide bonds. The summed E-state index contributed by atoms with van der Waals surface area (Å²) in [6.45, 7) is -0.130. The topological polar surface area (TPSA) is 122 Å². The van der Waals surface area contributed by atoms with Crippen molar-refractivity contribution in [3.63, 3.8) is 0 Å². The Hall–Kier alpha value is -4.00. The minimum absolute atomic E-state index is 0.0539. The maximum atomic E-state index is 13.4. The van der Waals surface area contributed by atoms with Crippen molar-refractivity contribution in [3.05, 3.63) is 100 Å². The predicted molar refractivity (Wildman–Crippen MR) is 144 cm³/mol. The molecule has 5 rings (SSSR count). The second-order valence-corrected chi connectivity index (χ2v) is 9.33. The van der Waals surface area contributed by atoms with Crippen LogP contribution >= 0.6 is 23.2 Å². The number of hydroxylamine groups is 3. The number of carbonyl (C=O) groups is 2. The normalized spacial score (nSPS) is 14.7. The lowest BCUT2D eigenvalue weighted by Gasteiger charge is -2.38. The predicted octanol–water partition coefficient (Wildman–Crippen LogP) is 4.42. The molecular weight excluding hydrogens is 547 g/mol. The van der Waals surface area contributed by atoms with Gasteiger partial charge < -0.3 is 10.4 Å². The largest absolute Gasteiger partial charge is 0.478 e. The zero-order valence-corrected chi connectivity index (χ0v) is 21.8. The van der Waals surface area contributed by atoms with Crippen LogP contribution in [0, 0.1) is 0 Å². The molecule has 0 radical (unpaired) electrons. The number of nitrogens with zero attached hydrogens (tertiary/aromatic N) is 5. The first-order valence-electron chi connectivity index (χ1n) is 11.7. The van der Waals surface area contributed by atoms with Gasteiger partial charge in [-0.1, -0.05) is 58.7 Å². The van der Waals surface area contributed by atoms with Crippen LogP contribution in [0.25, 0.3) is 5.69 Å². The minimum Gasteiger partial charge on any atom is -0.478 e. The quantitative estimate of drug-likeness (QED) is 0.318. The van der Waals surface area contributed by atoms with Crippen LogP contribution in [0.4, 0.5) is 11.4 Å². The molecule has 1 aliphatic heterocycles. The number of carboxylic acid groups (broad SMARTS) is 1. The van der Waals surface area contributed by atoms with Gasteiger partial charge in [-0.25, -0.2) is 14.5 Å². The van der Waals surface area contributed by atoms with Crippen molar-refractivity contribution in [2.24, 2.45) is 0 Å². The SMILES string of the molecule is O=C(O)c1ccc(NC(=O)C(Cc2ccccc2)N2CON(c3cc(Cl)ccc3-n3cc(Cl)nn3)CO2)cc1. The van der Waals surface area contributed by atoms with Gasteiger partial charge in [0.05, 0.1) is 23.1 Å². The van der Waals surface area contributed by atoms with Crippen LogP contribution in [0.5, 0.6) is 0 Å². The number of carboxylic acids is 1. The molecule has 0 bridgehead atoms. The number of benzene rings is 3. The molecular formula is C26H22Cl2N6O5. The van der Waals surface area contributed by atoms with E-state index in [1.807, 2.05) is 30.3 Å². The smallest absolute Gasteiger partial charge is 0.335 e. The Morgan fingerprint density at radius 3 is 2.38 bits per heavy atom. The van der Waals surface area contributed by atoms with Gasteiger partial charge in [0, 0.05) is 10.7 Å². The summed E-state index contributed by atoms with van der Waals surface area (Å²) >= 11 is 12.2. The Morgan fingerprint density at radius 2 is 1.74 bits per heavy atom. The van der Waals surface area contributed by atoms with Crippen LogP contribution < -0.4 is 10.4 Å². The Balaban J connectivity index is 1.34. The Bertz CT molecular complexity index is 1460. The molecule has 2 heterocycles. The van der Waals surface area contributed by atoms with Gasteiger partial charge in [0.15, 0.2) is 18.6 Å². The lowest BCUT2D eigenvalue weighted by atomic mass is 10.0. The number of hydrogen-bond acceptors (Lipinski definition) is 8. The third-order valence-corrected chi connectivity index (χ3v) is 6.33. The van der Waals surface area contributed by atoms with E-state index in [2.05, 4.69) is 15.6 Å². The number of nitrogens with one attached hydrogen (secondary N) is 1. The van der Waals surface area contributed by atoms with Gasteiger partial charge in [0.25, 0.3) is 0 Å². The van der Waals surface area contributed by atoms with E-state index in [0.717, 1.165) is 5.56 Å². The van der Waals surface area contributed by atoms with E-state index in [4.69, 9.17) is 38.0 Å². The van der Waals surface area contributed by atoms with Crippen LogP contribution in [0.2, 0.25) is 10.2 Å². The number of rotatable bonds is 8. The number of halogens is 2. The molecule has 1 unspecified atom stereocenters. The third-order valence-electron chi connectivity index (χ3n) is 5.92. The summed E-state index contributed by atoms with van der Waals surface area (Å²) in [6, 6.07) is 19.8. The zero-order valence-electron chi connectivity index (χ0n) is 20.3. The van der Waals surface area contributed by atoms with Crippen LogP contribution in [0.3, 0.4) is 0 Å². The van der Waals surface area contributed by atoms with E-state index in [-0.39, 0.29) is 30.1 Å². The van der Waals surface area contributed by atoms with Crippen molar-refractivity contribution >= 4 is 46.5 Å². The van der Waals surface area contributed by atoms with Crippen LogP contribution in [-0.2, 0) is 20.9 Å². The van der Waals surface area contributed by atoms with Crippen molar-refractivity contribution < 1.29 is 24.4 Å². The van der Waals surface area contributed by atoms with Crippen LogP contribution in [0.15, 0.2) is 79.0 Å². The Labute approximate surface area is 233 Å². The Kier molecular flexibility index (Phi) is 8.05. The number of aromatic nitrogens is 3. The highest BCUT2D eigenvalue weighted by Gasteiger charge is 2.32. The molecule has 1 aromatic heterocycles. The van der Waals surface area contributed by atoms with Gasteiger partial charge in [-0.05, 0) is 54.4 Å². The lowest BCUT2D eigenvalue weighted by molar-refractivity contribution is -0.279. The average Bonchev–Trinajstić information content (AvgIpc) is 3.38. The van der Waals surface area contributed by atoms with E-state index in [1.54, 1.807) is 24.4 Å². The number of anilines is 2. The number of hydrogen-bond donors (Lipinski definition) is 2. The molecule has 0 spiro atoms. The Morgan fingerprint density at radius 1 is 0.974 bits per heavy atom. The summed E-state index contributed by atoms with van der Waals surface area (Å²) in [5.41, 5.74) is 2.67. The van der Waals surface area contributed by atoms with E-state index in [1.165, 1.54) is 39.1 Å². The number of aromatic carboxylic acids is 1. The van der Waals surface area contributed by atoms with Gasteiger partial charge in [-0.2, -0.15) is 0 Å². The summed E-state index contributed by atoms with van der Waals surface area (Å²) in [5.74, 6) is -1.40. The van der Waals surface area contributed by atoms with E-state index >= 15 is 0 Å². The molecule has 1 aliphatic rings. The van der Waals surface area contributed by atoms with Crippen molar-refractivity contribution in [1.82, 2.24) is 20.1 Å². The van der Waals surface area contributed by atoms with E-state index in [9.17, 15) is 9.59 Å². The van der Waals surface area contributed by atoms with Gasteiger partial charge in [-0.3, -0.25) is 14.5 Å². The number of amides is 1. The van der Waals surface area contributed by atoms with Gasteiger partial charge in [0.2, 0.25) is 5.91 Å². The molecule has 11 nitrogen and oxygen atoms in total. The molecule has 2 N–H and O–H groups in total. The van der Waals surface area contributed by atoms with Gasteiger partial charge in [-0.15, -0.1) is 10.2 Å². The molecule has 1 fully saturated rings. The third kappa shape index (κ3) is 6.36. The first kappa shape index (κ1) is 26.6. The molecule has 0 saturated carbocycles. The molecule has 3 aromatic carbocycles. The van der Waals surface area contributed by atoms with Crippen LogP contribution in [-0.4, -0.2) is 56.5 Å². The highest BCUT2D eigenvalue weighted by atomic mass is 35.5. The number of carbonyl (C=O) groups excluding carboxylic acids is 1. The van der Waals surface area contributed by atoms with E-state index in [0.29, 0.717) is 28.5 Å². The fraction of sp³-hybridized carbons (Fsp3) is 0.154. The molecule has 1 atom stereocenters. The molecule has 13 heteroatoms.